The van der Waals surface area contributed by atoms with Gasteiger partial charge in [-0.05, 0) is 40.8 Å². The highest BCUT2D eigenvalue weighted by Crippen LogP contribution is 2.30. The summed E-state index contributed by atoms with van der Waals surface area (Å²) in [6.45, 7) is 0. The fourth-order valence-corrected chi connectivity index (χ4v) is 3.10. The number of thioether (sulfide) groups is 1. The molecule has 1 aliphatic heterocycles. The number of nitrogens with zero attached hydrogens (tertiary/aromatic N) is 2. The zero-order chi connectivity index (χ0) is 17.9. The molecule has 0 saturated carbocycles. The van der Waals surface area contributed by atoms with Gasteiger partial charge >= 0.3 is 12.1 Å². The number of aliphatic carboxylic acids is 1. The van der Waals surface area contributed by atoms with Crippen molar-refractivity contribution in [3.05, 3.63) is 32.9 Å². The first kappa shape index (κ1) is 18.7. The Bertz CT molecular complexity index is 737. The van der Waals surface area contributed by atoms with Crippen molar-refractivity contribution in [1.82, 2.24) is 5.32 Å². The number of halogens is 4. The van der Waals surface area contributed by atoms with Crippen LogP contribution in [-0.4, -0.2) is 33.6 Å². The molecule has 0 aromatic heterocycles. The molecule has 0 radical (unpaired) electrons. The largest absolute Gasteiger partial charge is 0.481 e. The van der Waals surface area contributed by atoms with Gasteiger partial charge in [-0.1, -0.05) is 11.8 Å². The van der Waals surface area contributed by atoms with Crippen LogP contribution in [0.15, 0.2) is 28.4 Å². The van der Waals surface area contributed by atoms with Gasteiger partial charge in [0.05, 0.1) is 18.2 Å². The van der Waals surface area contributed by atoms with Gasteiger partial charge in [-0.2, -0.15) is 18.3 Å². The van der Waals surface area contributed by atoms with E-state index in [0.717, 1.165) is 30.1 Å². The molecule has 1 aromatic rings. The predicted octanol–water partition coefficient (Wildman–Crippen LogP) is 2.71. The predicted molar refractivity (Wildman–Crippen MR) is 91.0 cm³/mol. The maximum absolute atomic E-state index is 12.7. The molecule has 24 heavy (non-hydrogen) atoms. The van der Waals surface area contributed by atoms with Crippen molar-refractivity contribution in [3.8, 4) is 0 Å². The average molecular weight is 471 g/mol. The second-order valence-corrected chi connectivity index (χ2v) is 6.93. The number of alkyl halides is 3. The molecule has 1 fully saturated rings. The van der Waals surface area contributed by atoms with Crippen LogP contribution in [-0.2, 0) is 15.8 Å². The van der Waals surface area contributed by atoms with E-state index >= 15 is 0 Å². The zero-order valence-corrected chi connectivity index (χ0v) is 14.6. The molecule has 1 heterocycles. The van der Waals surface area contributed by atoms with E-state index in [1.165, 1.54) is 6.07 Å². The minimum absolute atomic E-state index is 0.101. The number of nitrogens with one attached hydrogen (secondary N) is 1. The van der Waals surface area contributed by atoms with Crippen LogP contribution in [0.3, 0.4) is 0 Å². The van der Waals surface area contributed by atoms with E-state index in [0.29, 0.717) is 3.57 Å². The van der Waals surface area contributed by atoms with Crippen molar-refractivity contribution in [2.45, 2.75) is 17.8 Å². The van der Waals surface area contributed by atoms with E-state index in [-0.39, 0.29) is 17.2 Å². The number of carboxylic acids is 1. The van der Waals surface area contributed by atoms with E-state index in [9.17, 15) is 22.8 Å². The Labute approximate surface area is 151 Å². The number of hydrogen-bond acceptors (Lipinski definition) is 5. The first-order chi connectivity index (χ1) is 11.2. The smallest absolute Gasteiger partial charge is 0.416 e. The lowest BCUT2D eigenvalue weighted by atomic mass is 10.1. The fraction of sp³-hybridized carbons (Fsp3) is 0.231. The number of rotatable bonds is 4. The molecule has 11 heteroatoms. The van der Waals surface area contributed by atoms with Crippen molar-refractivity contribution < 1.29 is 27.9 Å². The van der Waals surface area contributed by atoms with Crippen LogP contribution in [0.2, 0.25) is 0 Å². The monoisotopic (exact) mass is 471 g/mol. The zero-order valence-electron chi connectivity index (χ0n) is 11.7. The molecule has 1 unspecified atom stereocenters. The van der Waals surface area contributed by atoms with Crippen LogP contribution < -0.4 is 5.32 Å². The van der Waals surface area contributed by atoms with E-state index in [1.54, 1.807) is 0 Å². The minimum Gasteiger partial charge on any atom is -0.481 e. The summed E-state index contributed by atoms with van der Waals surface area (Å²) in [6.07, 6.45) is -3.68. The average Bonchev–Trinajstić information content (AvgIpc) is 2.79. The summed E-state index contributed by atoms with van der Waals surface area (Å²) in [4.78, 5) is 22.1. The molecule has 1 saturated heterocycles. The van der Waals surface area contributed by atoms with Crippen LogP contribution in [0.25, 0.3) is 0 Å². The van der Waals surface area contributed by atoms with Crippen molar-refractivity contribution in [2.24, 2.45) is 10.2 Å². The first-order valence-electron chi connectivity index (χ1n) is 6.34. The van der Waals surface area contributed by atoms with Crippen LogP contribution in [0.4, 0.5) is 13.2 Å². The summed E-state index contributed by atoms with van der Waals surface area (Å²) in [5, 5.41) is 17.7. The summed E-state index contributed by atoms with van der Waals surface area (Å²) >= 11 is 2.77. The quantitative estimate of drug-likeness (QED) is 0.402. The van der Waals surface area contributed by atoms with Gasteiger partial charge in [-0.15, -0.1) is 5.10 Å². The summed E-state index contributed by atoms with van der Waals surface area (Å²) in [7, 11) is 0. The van der Waals surface area contributed by atoms with E-state index in [2.05, 4.69) is 15.5 Å². The number of benzene rings is 1. The van der Waals surface area contributed by atoms with Gasteiger partial charge in [0, 0.05) is 9.13 Å². The van der Waals surface area contributed by atoms with Crippen LogP contribution >= 0.6 is 34.4 Å². The number of carboxylic acid groups (broad SMARTS) is 1. The molecule has 128 valence electrons. The topological polar surface area (TPSA) is 91.1 Å². The highest BCUT2D eigenvalue weighted by molar-refractivity contribution is 14.1. The molecular weight excluding hydrogens is 462 g/mol. The summed E-state index contributed by atoms with van der Waals surface area (Å²) < 4.78 is 38.6. The Hall–Kier alpha value is -1.63. The van der Waals surface area contributed by atoms with Crippen LogP contribution in [0.5, 0.6) is 0 Å². The van der Waals surface area contributed by atoms with Crippen LogP contribution in [0, 0.1) is 3.57 Å². The Morgan fingerprint density at radius 1 is 1.46 bits per heavy atom. The third kappa shape index (κ3) is 4.93. The molecule has 2 N–H and O–H groups in total. The lowest BCUT2D eigenvalue weighted by Crippen LogP contribution is -2.26. The lowest BCUT2D eigenvalue weighted by Gasteiger charge is -2.07. The Balaban J connectivity index is 2.12. The molecule has 1 atom stereocenters. The minimum atomic E-state index is -4.46. The van der Waals surface area contributed by atoms with Gasteiger partial charge < -0.3 is 10.4 Å². The van der Waals surface area contributed by atoms with Crippen LogP contribution in [0.1, 0.15) is 17.5 Å². The molecule has 1 aromatic carbocycles. The number of amides is 1. The second-order valence-electron chi connectivity index (χ2n) is 4.58. The third-order valence-electron chi connectivity index (χ3n) is 2.81. The molecule has 0 bridgehead atoms. The second kappa shape index (κ2) is 7.51. The highest BCUT2D eigenvalue weighted by Gasteiger charge is 2.32. The molecule has 2 rings (SSSR count). The standard InChI is InChI=1S/C13H9F3IN3O3S/c14-13(15,16)7-1-2-8(17)6(3-7)5-18-20-12-19-11(23)9(24-12)4-10(21)22/h1-3,5,9H,4H2,(H,21,22)(H,19,20,23). The fourth-order valence-electron chi connectivity index (χ4n) is 1.71. The highest BCUT2D eigenvalue weighted by atomic mass is 127. The van der Waals surface area contributed by atoms with Gasteiger partial charge in [0.1, 0.15) is 5.25 Å². The van der Waals surface area contributed by atoms with Gasteiger partial charge in [-0.3, -0.25) is 9.59 Å². The molecule has 6 nitrogen and oxygen atoms in total. The number of amidine groups is 1. The maximum Gasteiger partial charge on any atom is 0.416 e. The van der Waals surface area contributed by atoms with Gasteiger partial charge in [0.2, 0.25) is 5.91 Å². The third-order valence-corrected chi connectivity index (χ3v) is 4.86. The molecule has 1 amide bonds. The van der Waals surface area contributed by atoms with Gasteiger partial charge in [-0.25, -0.2) is 0 Å². The van der Waals surface area contributed by atoms with Gasteiger partial charge in [0.15, 0.2) is 5.17 Å². The normalized spacial score (nSPS) is 19.9. The number of hydrogen-bond donors (Lipinski definition) is 2. The van der Waals surface area contributed by atoms with Crippen molar-refractivity contribution in [2.75, 3.05) is 0 Å². The number of carbonyl (C=O) groups excluding carboxylic acids is 1. The Kier molecular flexibility index (Phi) is 5.85. The SMILES string of the molecule is O=C(O)CC1SC(=NN=Cc2cc(C(F)(F)F)ccc2I)NC1=O. The van der Waals surface area contributed by atoms with E-state index < -0.39 is 28.9 Å². The van der Waals surface area contributed by atoms with Gasteiger partial charge in [0.25, 0.3) is 0 Å². The van der Waals surface area contributed by atoms with E-state index in [1.807, 2.05) is 22.6 Å². The Morgan fingerprint density at radius 3 is 2.79 bits per heavy atom. The first-order valence-corrected chi connectivity index (χ1v) is 8.30. The summed E-state index contributed by atoms with van der Waals surface area (Å²) in [6, 6.07) is 3.22. The molecule has 0 spiro atoms. The summed E-state index contributed by atoms with van der Waals surface area (Å²) in [5.74, 6) is -1.61. The summed E-state index contributed by atoms with van der Waals surface area (Å²) in [5.41, 5.74) is -0.576. The van der Waals surface area contributed by atoms with Crippen molar-refractivity contribution in [3.63, 3.8) is 0 Å². The molecular formula is C13H9F3IN3O3S. The maximum atomic E-state index is 12.7. The molecule has 0 aliphatic carbocycles. The lowest BCUT2D eigenvalue weighted by molar-refractivity contribution is -0.138. The Morgan fingerprint density at radius 2 is 2.17 bits per heavy atom. The van der Waals surface area contributed by atoms with E-state index in [4.69, 9.17) is 5.11 Å². The van der Waals surface area contributed by atoms with Crippen molar-refractivity contribution >= 4 is 57.6 Å². The van der Waals surface area contributed by atoms with Crippen molar-refractivity contribution in [1.29, 1.82) is 0 Å². The number of carbonyl (C=O) groups is 2. The molecule has 1 aliphatic rings.